The molecule has 1 fully saturated rings. The van der Waals surface area contributed by atoms with Gasteiger partial charge in [0.05, 0.1) is 0 Å². The van der Waals surface area contributed by atoms with Crippen LogP contribution in [0, 0.1) is 0 Å². The Morgan fingerprint density at radius 3 is 2.12 bits per heavy atom. The van der Waals surface area contributed by atoms with Gasteiger partial charge >= 0.3 is 0 Å². The van der Waals surface area contributed by atoms with Crippen molar-refractivity contribution in [3.63, 3.8) is 0 Å². The second kappa shape index (κ2) is 9.94. The zero-order valence-corrected chi connectivity index (χ0v) is 12.2. The van der Waals surface area contributed by atoms with E-state index in [-0.39, 0.29) is 0 Å². The lowest BCUT2D eigenvalue weighted by Gasteiger charge is -2.34. The van der Waals surface area contributed by atoms with Gasteiger partial charge in [-0.15, -0.1) is 0 Å². The Bertz CT molecular complexity index is 161. The van der Waals surface area contributed by atoms with Crippen LogP contribution in [0.5, 0.6) is 0 Å². The predicted octanol–water partition coefficient (Wildman–Crippen LogP) is 5.00. The van der Waals surface area contributed by atoms with Crippen molar-refractivity contribution in [3.8, 4) is 0 Å². The van der Waals surface area contributed by atoms with Crippen molar-refractivity contribution in [2.75, 3.05) is 13.1 Å². The van der Waals surface area contributed by atoms with Crippen LogP contribution in [0.3, 0.4) is 0 Å². The third-order valence-electron chi connectivity index (χ3n) is 4.17. The van der Waals surface area contributed by atoms with Crippen LogP contribution in [0.2, 0.25) is 0 Å². The Morgan fingerprint density at radius 2 is 1.47 bits per heavy atom. The molecule has 1 heteroatoms. The number of unbranched alkanes of at least 4 members (excludes halogenated alkanes) is 4. The molecule has 0 aromatic heterocycles. The van der Waals surface area contributed by atoms with E-state index < -0.39 is 0 Å². The van der Waals surface area contributed by atoms with Crippen LogP contribution in [-0.2, 0) is 0 Å². The topological polar surface area (TPSA) is 3.24 Å². The van der Waals surface area contributed by atoms with E-state index in [0.717, 1.165) is 6.04 Å². The first-order valence-electron chi connectivity index (χ1n) is 8.12. The smallest absolute Gasteiger partial charge is 0.00951 e. The molecule has 1 heterocycles. The highest BCUT2D eigenvalue weighted by atomic mass is 15.2. The third kappa shape index (κ3) is 6.45. The SMILES string of the molecule is CCCCCCCC(CCC)N1CCCCC1. The number of hydrogen-bond donors (Lipinski definition) is 0. The first kappa shape index (κ1) is 15.0. The molecule has 0 amide bonds. The molecule has 0 radical (unpaired) electrons. The maximum absolute atomic E-state index is 2.78. The lowest BCUT2D eigenvalue weighted by Crippen LogP contribution is -2.39. The number of nitrogens with zero attached hydrogens (tertiary/aromatic N) is 1. The van der Waals surface area contributed by atoms with Crippen LogP contribution in [0.4, 0.5) is 0 Å². The second-order valence-corrected chi connectivity index (χ2v) is 5.74. The summed E-state index contributed by atoms with van der Waals surface area (Å²) in [6, 6.07) is 0.905. The number of piperidine rings is 1. The fraction of sp³-hybridized carbons (Fsp3) is 1.00. The van der Waals surface area contributed by atoms with Gasteiger partial charge < -0.3 is 4.90 Å². The fourth-order valence-electron chi connectivity index (χ4n) is 3.11. The molecule has 1 nitrogen and oxygen atoms in total. The van der Waals surface area contributed by atoms with Crippen molar-refractivity contribution in [1.29, 1.82) is 0 Å². The van der Waals surface area contributed by atoms with Gasteiger partial charge in [-0.3, -0.25) is 0 Å². The molecule has 0 N–H and O–H groups in total. The summed E-state index contributed by atoms with van der Waals surface area (Å²) >= 11 is 0. The fourth-order valence-corrected chi connectivity index (χ4v) is 3.11. The van der Waals surface area contributed by atoms with Gasteiger partial charge in [-0.05, 0) is 38.8 Å². The van der Waals surface area contributed by atoms with Crippen molar-refractivity contribution >= 4 is 0 Å². The van der Waals surface area contributed by atoms with Crippen molar-refractivity contribution in [2.45, 2.75) is 90.5 Å². The lowest BCUT2D eigenvalue weighted by atomic mass is 9.99. The standard InChI is InChI=1S/C16H33N/c1-3-5-6-7-9-13-16(12-4-2)17-14-10-8-11-15-17/h16H,3-15H2,1-2H3. The molecule has 0 spiro atoms. The van der Waals surface area contributed by atoms with Gasteiger partial charge in [0.2, 0.25) is 0 Å². The molecule has 1 aliphatic rings. The third-order valence-corrected chi connectivity index (χ3v) is 4.17. The first-order chi connectivity index (χ1) is 8.38. The van der Waals surface area contributed by atoms with Crippen molar-refractivity contribution in [1.82, 2.24) is 4.90 Å². The van der Waals surface area contributed by atoms with E-state index in [1.807, 2.05) is 0 Å². The van der Waals surface area contributed by atoms with Crippen LogP contribution in [0.15, 0.2) is 0 Å². The highest BCUT2D eigenvalue weighted by Crippen LogP contribution is 2.20. The summed E-state index contributed by atoms with van der Waals surface area (Å²) in [6.07, 6.45) is 15.8. The minimum atomic E-state index is 0.905. The van der Waals surface area contributed by atoms with Gasteiger partial charge in [-0.1, -0.05) is 58.8 Å². The summed E-state index contributed by atoms with van der Waals surface area (Å²) in [6.45, 7) is 7.39. The maximum atomic E-state index is 2.78. The predicted molar refractivity (Wildman–Crippen MR) is 77.5 cm³/mol. The van der Waals surface area contributed by atoms with Gasteiger partial charge in [-0.2, -0.15) is 0 Å². The average molecular weight is 239 g/mol. The lowest BCUT2D eigenvalue weighted by molar-refractivity contribution is 0.144. The second-order valence-electron chi connectivity index (χ2n) is 5.74. The van der Waals surface area contributed by atoms with Crippen molar-refractivity contribution in [2.24, 2.45) is 0 Å². The molecule has 0 bridgehead atoms. The number of hydrogen-bond acceptors (Lipinski definition) is 1. The monoisotopic (exact) mass is 239 g/mol. The Morgan fingerprint density at radius 1 is 0.765 bits per heavy atom. The Labute approximate surface area is 109 Å². The minimum Gasteiger partial charge on any atom is -0.300 e. The van der Waals surface area contributed by atoms with E-state index in [2.05, 4.69) is 18.7 Å². The molecule has 17 heavy (non-hydrogen) atoms. The Hall–Kier alpha value is -0.0400. The zero-order chi connectivity index (χ0) is 12.3. The first-order valence-corrected chi connectivity index (χ1v) is 8.12. The molecular formula is C16H33N. The highest BCUT2D eigenvalue weighted by molar-refractivity contribution is 4.74. The highest BCUT2D eigenvalue weighted by Gasteiger charge is 2.19. The summed E-state index contributed by atoms with van der Waals surface area (Å²) in [5.74, 6) is 0. The molecule has 0 aromatic rings. The molecule has 102 valence electrons. The summed E-state index contributed by atoms with van der Waals surface area (Å²) in [5, 5.41) is 0. The molecular weight excluding hydrogens is 206 g/mol. The largest absolute Gasteiger partial charge is 0.300 e. The molecule has 0 aromatic carbocycles. The molecule has 0 saturated carbocycles. The van der Waals surface area contributed by atoms with Gasteiger partial charge in [0.1, 0.15) is 0 Å². The van der Waals surface area contributed by atoms with Gasteiger partial charge in [-0.25, -0.2) is 0 Å². The molecule has 1 saturated heterocycles. The van der Waals surface area contributed by atoms with Crippen molar-refractivity contribution in [3.05, 3.63) is 0 Å². The number of likely N-dealkylation sites (tertiary alicyclic amines) is 1. The molecule has 1 unspecified atom stereocenters. The van der Waals surface area contributed by atoms with E-state index in [1.165, 1.54) is 83.7 Å². The van der Waals surface area contributed by atoms with Crippen molar-refractivity contribution < 1.29 is 0 Å². The molecule has 1 rings (SSSR count). The number of rotatable bonds is 9. The van der Waals surface area contributed by atoms with Crippen LogP contribution in [-0.4, -0.2) is 24.0 Å². The average Bonchev–Trinajstić information content (AvgIpc) is 2.38. The minimum absolute atomic E-state index is 0.905. The van der Waals surface area contributed by atoms with E-state index >= 15 is 0 Å². The van der Waals surface area contributed by atoms with E-state index in [1.54, 1.807) is 0 Å². The van der Waals surface area contributed by atoms with Crippen LogP contribution in [0.1, 0.15) is 84.5 Å². The quantitative estimate of drug-likeness (QED) is 0.512. The molecule has 0 aliphatic carbocycles. The van der Waals surface area contributed by atoms with Gasteiger partial charge in [0.25, 0.3) is 0 Å². The normalized spacial score (nSPS) is 19.4. The summed E-state index contributed by atoms with van der Waals surface area (Å²) in [7, 11) is 0. The van der Waals surface area contributed by atoms with Gasteiger partial charge in [0.15, 0.2) is 0 Å². The van der Waals surface area contributed by atoms with Crippen LogP contribution < -0.4 is 0 Å². The molecule has 1 atom stereocenters. The Balaban J connectivity index is 2.17. The van der Waals surface area contributed by atoms with Crippen LogP contribution >= 0.6 is 0 Å². The van der Waals surface area contributed by atoms with Gasteiger partial charge in [0, 0.05) is 6.04 Å². The maximum Gasteiger partial charge on any atom is 0.00951 e. The zero-order valence-electron chi connectivity index (χ0n) is 12.2. The Kier molecular flexibility index (Phi) is 8.78. The van der Waals surface area contributed by atoms with Crippen LogP contribution in [0.25, 0.3) is 0 Å². The summed E-state index contributed by atoms with van der Waals surface area (Å²) < 4.78 is 0. The van der Waals surface area contributed by atoms with E-state index in [0.29, 0.717) is 0 Å². The van der Waals surface area contributed by atoms with E-state index in [4.69, 9.17) is 0 Å². The summed E-state index contributed by atoms with van der Waals surface area (Å²) in [4.78, 5) is 2.78. The summed E-state index contributed by atoms with van der Waals surface area (Å²) in [5.41, 5.74) is 0. The molecule has 1 aliphatic heterocycles. The van der Waals surface area contributed by atoms with E-state index in [9.17, 15) is 0 Å².